The molecule has 0 amide bonds. The first-order chi connectivity index (χ1) is 9.29. The summed E-state index contributed by atoms with van der Waals surface area (Å²) in [5.41, 5.74) is 0.979. The molecule has 1 aromatic heterocycles. The molecule has 1 rings (SSSR count). The number of imidazole rings is 1. The number of aryl methyl sites for hydroxylation is 1. The molecule has 0 aliphatic carbocycles. The quantitative estimate of drug-likeness (QED) is 0.600. The van der Waals surface area contributed by atoms with Crippen molar-refractivity contribution >= 4 is 0 Å². The molecule has 3 nitrogen and oxygen atoms in total. The van der Waals surface area contributed by atoms with Crippen molar-refractivity contribution in [3.63, 3.8) is 0 Å². The Morgan fingerprint density at radius 3 is 2.42 bits per heavy atom. The number of rotatable bonds is 11. The molecule has 0 fully saturated rings. The van der Waals surface area contributed by atoms with Crippen molar-refractivity contribution in [3.8, 4) is 0 Å². The standard InChI is InChI=1S/C16H30N2O/c1-3-5-6-7-8-9-10-11-16(19)15-13-17-14-18(15)12-4-2/h13-14,16,19H,3-12H2,1-2H3. The van der Waals surface area contributed by atoms with Crippen molar-refractivity contribution in [2.24, 2.45) is 0 Å². The maximum Gasteiger partial charge on any atom is 0.0955 e. The summed E-state index contributed by atoms with van der Waals surface area (Å²) in [6.45, 7) is 5.34. The van der Waals surface area contributed by atoms with Crippen LogP contribution in [0.4, 0.5) is 0 Å². The van der Waals surface area contributed by atoms with E-state index < -0.39 is 0 Å². The van der Waals surface area contributed by atoms with Crippen LogP contribution in [0.1, 0.15) is 83.4 Å². The fourth-order valence-electron chi connectivity index (χ4n) is 2.48. The lowest BCUT2D eigenvalue weighted by Crippen LogP contribution is -2.06. The number of aromatic nitrogens is 2. The van der Waals surface area contributed by atoms with E-state index in [0.29, 0.717) is 0 Å². The summed E-state index contributed by atoms with van der Waals surface area (Å²) >= 11 is 0. The molecule has 0 aromatic carbocycles. The smallest absolute Gasteiger partial charge is 0.0955 e. The average Bonchev–Trinajstić information content (AvgIpc) is 2.86. The lowest BCUT2D eigenvalue weighted by Gasteiger charge is -2.13. The summed E-state index contributed by atoms with van der Waals surface area (Å²) in [4.78, 5) is 4.14. The number of hydrogen-bond acceptors (Lipinski definition) is 2. The fraction of sp³-hybridized carbons (Fsp3) is 0.812. The minimum atomic E-state index is -0.343. The minimum Gasteiger partial charge on any atom is -0.387 e. The second kappa shape index (κ2) is 10.0. The Kier molecular flexibility index (Phi) is 8.55. The Labute approximate surface area is 118 Å². The molecule has 1 N–H and O–H groups in total. The number of nitrogens with zero attached hydrogens (tertiary/aromatic N) is 2. The van der Waals surface area contributed by atoms with Gasteiger partial charge in [-0.2, -0.15) is 0 Å². The van der Waals surface area contributed by atoms with E-state index in [0.717, 1.165) is 31.5 Å². The molecule has 3 heteroatoms. The zero-order valence-corrected chi connectivity index (χ0v) is 12.6. The predicted octanol–water partition coefficient (Wildman–Crippen LogP) is 4.47. The summed E-state index contributed by atoms with van der Waals surface area (Å²) < 4.78 is 2.08. The second-order valence-corrected chi connectivity index (χ2v) is 5.44. The summed E-state index contributed by atoms with van der Waals surface area (Å²) in [6.07, 6.45) is 14.3. The monoisotopic (exact) mass is 266 g/mol. The molecule has 0 bridgehead atoms. The van der Waals surface area contributed by atoms with E-state index in [1.165, 1.54) is 38.5 Å². The third-order valence-corrected chi connectivity index (χ3v) is 3.63. The summed E-state index contributed by atoms with van der Waals surface area (Å²) in [5.74, 6) is 0. The van der Waals surface area contributed by atoms with Crippen molar-refractivity contribution in [1.82, 2.24) is 9.55 Å². The molecular formula is C16H30N2O. The van der Waals surface area contributed by atoms with Crippen LogP contribution in [0.15, 0.2) is 12.5 Å². The third-order valence-electron chi connectivity index (χ3n) is 3.63. The van der Waals surface area contributed by atoms with Gasteiger partial charge in [0.1, 0.15) is 0 Å². The van der Waals surface area contributed by atoms with Crippen LogP contribution in [0.3, 0.4) is 0 Å². The maximum absolute atomic E-state index is 10.2. The third kappa shape index (κ3) is 6.24. The highest BCUT2D eigenvalue weighted by Gasteiger charge is 2.11. The van der Waals surface area contributed by atoms with E-state index >= 15 is 0 Å². The summed E-state index contributed by atoms with van der Waals surface area (Å²) in [6, 6.07) is 0. The molecule has 0 aliphatic rings. The number of hydrogen-bond donors (Lipinski definition) is 1. The van der Waals surface area contributed by atoms with E-state index in [2.05, 4.69) is 23.4 Å². The molecule has 0 spiro atoms. The molecule has 110 valence electrons. The van der Waals surface area contributed by atoms with Crippen molar-refractivity contribution < 1.29 is 5.11 Å². The van der Waals surface area contributed by atoms with Crippen LogP contribution in [0.2, 0.25) is 0 Å². The largest absolute Gasteiger partial charge is 0.387 e. The van der Waals surface area contributed by atoms with Gasteiger partial charge < -0.3 is 9.67 Å². The van der Waals surface area contributed by atoms with Gasteiger partial charge in [-0.05, 0) is 12.8 Å². The van der Waals surface area contributed by atoms with Gasteiger partial charge in [-0.15, -0.1) is 0 Å². The van der Waals surface area contributed by atoms with Gasteiger partial charge in [0.15, 0.2) is 0 Å². The Morgan fingerprint density at radius 1 is 1.05 bits per heavy atom. The minimum absolute atomic E-state index is 0.343. The highest BCUT2D eigenvalue weighted by molar-refractivity contribution is 5.02. The van der Waals surface area contributed by atoms with Gasteiger partial charge in [0.25, 0.3) is 0 Å². The summed E-state index contributed by atoms with van der Waals surface area (Å²) in [5, 5.41) is 10.2. The van der Waals surface area contributed by atoms with Crippen molar-refractivity contribution in [1.29, 1.82) is 0 Å². The van der Waals surface area contributed by atoms with Crippen molar-refractivity contribution in [2.45, 2.75) is 84.3 Å². The molecule has 1 atom stereocenters. The zero-order chi connectivity index (χ0) is 13.9. The maximum atomic E-state index is 10.2. The number of aliphatic hydroxyl groups excluding tert-OH is 1. The molecule has 19 heavy (non-hydrogen) atoms. The first kappa shape index (κ1) is 16.2. The fourth-order valence-corrected chi connectivity index (χ4v) is 2.48. The highest BCUT2D eigenvalue weighted by Crippen LogP contribution is 2.20. The molecule has 0 radical (unpaired) electrons. The van der Waals surface area contributed by atoms with Gasteiger partial charge in [-0.3, -0.25) is 0 Å². The Balaban J connectivity index is 2.16. The number of unbranched alkanes of at least 4 members (excludes halogenated alkanes) is 6. The summed E-state index contributed by atoms with van der Waals surface area (Å²) in [7, 11) is 0. The van der Waals surface area contributed by atoms with Gasteiger partial charge >= 0.3 is 0 Å². The van der Waals surface area contributed by atoms with Gasteiger partial charge in [0.05, 0.1) is 24.3 Å². The predicted molar refractivity (Wildman–Crippen MR) is 80.1 cm³/mol. The zero-order valence-electron chi connectivity index (χ0n) is 12.6. The SMILES string of the molecule is CCCCCCCCCC(O)c1cncn1CCC. The topological polar surface area (TPSA) is 38.1 Å². The van der Waals surface area contributed by atoms with E-state index in [1.807, 2.05) is 12.5 Å². The molecular weight excluding hydrogens is 236 g/mol. The first-order valence-corrected chi connectivity index (χ1v) is 7.97. The molecule has 0 saturated heterocycles. The lowest BCUT2D eigenvalue weighted by molar-refractivity contribution is 0.154. The van der Waals surface area contributed by atoms with Gasteiger partial charge in [0, 0.05) is 6.54 Å². The van der Waals surface area contributed by atoms with Gasteiger partial charge in [-0.1, -0.05) is 58.8 Å². The molecule has 0 saturated carbocycles. The van der Waals surface area contributed by atoms with Crippen LogP contribution in [0.5, 0.6) is 0 Å². The van der Waals surface area contributed by atoms with E-state index in [-0.39, 0.29) is 6.10 Å². The van der Waals surface area contributed by atoms with Crippen molar-refractivity contribution in [2.75, 3.05) is 0 Å². The van der Waals surface area contributed by atoms with Crippen LogP contribution in [0.25, 0.3) is 0 Å². The van der Waals surface area contributed by atoms with Crippen LogP contribution >= 0.6 is 0 Å². The number of aliphatic hydroxyl groups is 1. The molecule has 0 aliphatic heterocycles. The van der Waals surface area contributed by atoms with Gasteiger partial charge in [0.2, 0.25) is 0 Å². The van der Waals surface area contributed by atoms with Crippen molar-refractivity contribution in [3.05, 3.63) is 18.2 Å². The Bertz CT molecular complexity index is 322. The van der Waals surface area contributed by atoms with Crippen LogP contribution < -0.4 is 0 Å². The first-order valence-electron chi connectivity index (χ1n) is 7.97. The molecule has 1 unspecified atom stereocenters. The van der Waals surface area contributed by atoms with Crippen LogP contribution in [-0.2, 0) is 6.54 Å². The van der Waals surface area contributed by atoms with E-state index in [9.17, 15) is 5.11 Å². The normalized spacial score (nSPS) is 12.8. The molecule has 1 heterocycles. The second-order valence-electron chi connectivity index (χ2n) is 5.44. The van der Waals surface area contributed by atoms with E-state index in [4.69, 9.17) is 0 Å². The average molecular weight is 266 g/mol. The highest BCUT2D eigenvalue weighted by atomic mass is 16.3. The Hall–Kier alpha value is -0.830. The molecule has 1 aromatic rings. The Morgan fingerprint density at radius 2 is 1.74 bits per heavy atom. The lowest BCUT2D eigenvalue weighted by atomic mass is 10.1. The van der Waals surface area contributed by atoms with E-state index in [1.54, 1.807) is 0 Å². The van der Waals surface area contributed by atoms with Gasteiger partial charge in [-0.25, -0.2) is 4.98 Å². The van der Waals surface area contributed by atoms with Crippen LogP contribution in [0, 0.1) is 0 Å². The van der Waals surface area contributed by atoms with Crippen LogP contribution in [-0.4, -0.2) is 14.7 Å².